The number of hydrogen-bond donors (Lipinski definition) is 6. The van der Waals surface area contributed by atoms with Crippen LogP contribution in [0.3, 0.4) is 0 Å². The molecule has 1 rings (SSSR count). The minimum absolute atomic E-state index is 0.0754. The normalized spacial score (nSPS) is 19.3. The lowest BCUT2D eigenvalue weighted by molar-refractivity contribution is -0.305. The molecule has 86 heavy (non-hydrogen) atoms. The number of rotatable bonds is 56. The number of carbonyl (C=O) groups excluding carboxylic acids is 2. The van der Waals surface area contributed by atoms with Crippen molar-refractivity contribution in [1.82, 2.24) is 5.32 Å². The highest BCUT2D eigenvalue weighted by molar-refractivity contribution is 5.80. The molecule has 488 valence electrons. The highest BCUT2D eigenvalue weighted by Gasteiger charge is 2.47. The van der Waals surface area contributed by atoms with Gasteiger partial charge in [0.15, 0.2) is 12.4 Å². The molecule has 1 heterocycles. The van der Waals surface area contributed by atoms with E-state index >= 15 is 0 Å². The highest BCUT2D eigenvalue weighted by Crippen LogP contribution is 2.26. The van der Waals surface area contributed by atoms with Gasteiger partial charge in [-0.15, -0.1) is 0 Å². The molecule has 8 unspecified atom stereocenters. The summed E-state index contributed by atoms with van der Waals surface area (Å²) >= 11 is 0. The van der Waals surface area contributed by atoms with Crippen molar-refractivity contribution >= 4 is 11.9 Å². The van der Waals surface area contributed by atoms with E-state index in [9.17, 15) is 35.1 Å². The molecule has 0 spiro atoms. The van der Waals surface area contributed by atoms with Crippen molar-refractivity contribution < 1.29 is 49.3 Å². The van der Waals surface area contributed by atoms with Gasteiger partial charge in [-0.25, -0.2) is 0 Å². The first-order valence-electron chi connectivity index (χ1n) is 34.1. The van der Waals surface area contributed by atoms with E-state index in [1.54, 1.807) is 6.08 Å². The van der Waals surface area contributed by atoms with E-state index in [1.165, 1.54) is 51.4 Å². The second-order valence-corrected chi connectivity index (χ2v) is 22.8. The van der Waals surface area contributed by atoms with Gasteiger partial charge in [0.05, 0.1) is 25.4 Å². The SMILES string of the molecule is CC/C=C\C/C=C\C/C=C\C/C=C\C/C=C\C/C=C\CCCCCCCCCC(O)C(=O)NC(COC1OC(CO)C(O)C(O)C1OC(=O)CCCCC/C=C\C/C=C\C/C=C\C/C=C\C/C=C\CC)C(O)/C=C/CCCCCCCCCCCC. The number of unbranched alkanes of at least 4 members (excludes halogenated alkanes) is 20. The van der Waals surface area contributed by atoms with Crippen LogP contribution in [-0.4, -0.2) is 99.6 Å². The lowest BCUT2D eigenvalue weighted by Crippen LogP contribution is -2.61. The van der Waals surface area contributed by atoms with Crippen molar-refractivity contribution in [3.63, 3.8) is 0 Å². The summed E-state index contributed by atoms with van der Waals surface area (Å²) < 4.78 is 17.6. The molecule has 1 fully saturated rings. The van der Waals surface area contributed by atoms with Gasteiger partial charge in [0.2, 0.25) is 5.91 Å². The van der Waals surface area contributed by atoms with Gasteiger partial charge in [-0.1, -0.05) is 269 Å². The number of aliphatic hydroxyl groups excluding tert-OH is 5. The maximum atomic E-state index is 13.5. The van der Waals surface area contributed by atoms with Crippen LogP contribution in [0.15, 0.2) is 146 Å². The van der Waals surface area contributed by atoms with Crippen molar-refractivity contribution in [3.05, 3.63) is 146 Å². The Morgan fingerprint density at radius 3 is 1.26 bits per heavy atom. The van der Waals surface area contributed by atoms with Crippen molar-refractivity contribution in [2.45, 2.75) is 301 Å². The fourth-order valence-electron chi connectivity index (χ4n) is 9.68. The Morgan fingerprint density at radius 1 is 0.465 bits per heavy atom. The van der Waals surface area contributed by atoms with Crippen LogP contribution in [0.5, 0.6) is 0 Å². The molecule has 8 atom stereocenters. The molecule has 0 aromatic heterocycles. The maximum Gasteiger partial charge on any atom is 0.306 e. The Morgan fingerprint density at radius 2 is 0.837 bits per heavy atom. The third kappa shape index (κ3) is 47.6. The van der Waals surface area contributed by atoms with Crippen LogP contribution >= 0.6 is 0 Å². The van der Waals surface area contributed by atoms with Gasteiger partial charge in [0, 0.05) is 6.42 Å². The fourth-order valence-corrected chi connectivity index (χ4v) is 9.68. The number of nitrogens with one attached hydrogen (secondary N) is 1. The van der Waals surface area contributed by atoms with E-state index in [-0.39, 0.29) is 19.4 Å². The van der Waals surface area contributed by atoms with Crippen LogP contribution in [0.25, 0.3) is 0 Å². The van der Waals surface area contributed by atoms with Gasteiger partial charge >= 0.3 is 5.97 Å². The average molecular weight is 1200 g/mol. The summed E-state index contributed by atoms with van der Waals surface area (Å²) in [6, 6.07) is -1.05. The average Bonchev–Trinajstić information content (AvgIpc) is 3.68. The molecule has 1 amide bonds. The number of amides is 1. The lowest BCUT2D eigenvalue weighted by atomic mass is 9.99. The van der Waals surface area contributed by atoms with Crippen LogP contribution in [0.4, 0.5) is 0 Å². The van der Waals surface area contributed by atoms with Crippen molar-refractivity contribution in [2.24, 2.45) is 0 Å². The molecule has 0 aromatic rings. The Balaban J connectivity index is 2.64. The smallest absolute Gasteiger partial charge is 0.306 e. The van der Waals surface area contributed by atoms with E-state index in [1.807, 2.05) is 6.08 Å². The van der Waals surface area contributed by atoms with Crippen LogP contribution in [0.2, 0.25) is 0 Å². The van der Waals surface area contributed by atoms with Crippen LogP contribution < -0.4 is 5.32 Å². The molecule has 0 bridgehead atoms. The van der Waals surface area contributed by atoms with Crippen molar-refractivity contribution in [3.8, 4) is 0 Å². The number of aliphatic hydroxyl groups is 5. The first-order chi connectivity index (χ1) is 42.2. The Kier molecular flexibility index (Phi) is 56.2. The van der Waals surface area contributed by atoms with Gasteiger partial charge in [-0.2, -0.15) is 0 Å². The number of hydrogen-bond acceptors (Lipinski definition) is 10. The molecular formula is C75H123NO10. The van der Waals surface area contributed by atoms with E-state index in [0.29, 0.717) is 12.8 Å². The third-order valence-electron chi connectivity index (χ3n) is 15.0. The van der Waals surface area contributed by atoms with Gasteiger partial charge in [-0.3, -0.25) is 9.59 Å². The predicted octanol–water partition coefficient (Wildman–Crippen LogP) is 17.3. The molecule has 0 aromatic carbocycles. The monoisotopic (exact) mass is 1200 g/mol. The predicted molar refractivity (Wildman–Crippen MR) is 360 cm³/mol. The number of ether oxygens (including phenoxy) is 3. The molecule has 1 aliphatic rings. The molecule has 0 aliphatic carbocycles. The molecule has 11 nitrogen and oxygen atoms in total. The van der Waals surface area contributed by atoms with Crippen molar-refractivity contribution in [1.29, 1.82) is 0 Å². The largest absolute Gasteiger partial charge is 0.454 e. The van der Waals surface area contributed by atoms with E-state index in [2.05, 4.69) is 160 Å². The van der Waals surface area contributed by atoms with Gasteiger partial charge in [-0.05, 0) is 122 Å². The Bertz CT molecular complexity index is 1960. The number of esters is 1. The lowest BCUT2D eigenvalue weighted by Gasteiger charge is -2.41. The van der Waals surface area contributed by atoms with Crippen LogP contribution in [0.1, 0.15) is 252 Å². The van der Waals surface area contributed by atoms with Gasteiger partial charge in [0.25, 0.3) is 0 Å². The quantitative estimate of drug-likeness (QED) is 0.0195. The summed E-state index contributed by atoms with van der Waals surface area (Å²) in [4.78, 5) is 26.6. The first kappa shape index (κ1) is 79.6. The molecule has 1 aliphatic heterocycles. The Hall–Kier alpha value is -4.46. The molecule has 0 radical (unpaired) electrons. The van der Waals surface area contributed by atoms with E-state index in [0.717, 1.165) is 154 Å². The standard InChI is InChI=1S/C75H123NO10/c1-4-7-10-13-16-19-22-25-27-29-31-32-33-34-35-36-37-39-40-42-44-47-50-53-56-59-62-68(79)74(83)76-66(67(78)61-58-55-52-49-46-24-21-18-15-12-9-6-3)65-84-75-73(72(82)71(81)69(64-77)85-75)86-70(80)63-60-57-54-51-48-45-43-41-38-30-28-26-23-20-17-14-11-8-5-2/h7-8,10-11,16-17,19-20,25-28,31-32,34-35,37-39,41,45,48,58,61,66-69,71-73,75,77-79,81-82H,4-6,9,12-15,18,21-24,29-30,33,36,40,42-44,46-47,49-57,59-60,62-65H2,1-3H3,(H,76,83)/b10-7-,11-8-,19-16-,20-17-,27-25-,28-26-,32-31-,35-34-,39-37-,41-38-,48-45-,61-58+. The first-order valence-corrected chi connectivity index (χ1v) is 34.1. The summed E-state index contributed by atoms with van der Waals surface area (Å²) in [5.41, 5.74) is 0. The second kappa shape index (κ2) is 60.8. The number of allylic oxidation sites excluding steroid dienone is 23. The Labute approximate surface area is 524 Å². The van der Waals surface area contributed by atoms with Crippen molar-refractivity contribution in [2.75, 3.05) is 13.2 Å². The van der Waals surface area contributed by atoms with Gasteiger partial charge < -0.3 is 45.1 Å². The fraction of sp³-hybridized carbons (Fsp3) is 0.653. The summed E-state index contributed by atoms with van der Waals surface area (Å²) in [6.45, 7) is 5.53. The van der Waals surface area contributed by atoms with E-state index < -0.39 is 67.4 Å². The molecule has 6 N–H and O–H groups in total. The summed E-state index contributed by atoms with van der Waals surface area (Å²) in [6.07, 6.45) is 77.3. The maximum absolute atomic E-state index is 13.5. The molecule has 11 heteroatoms. The van der Waals surface area contributed by atoms with Gasteiger partial charge in [0.1, 0.15) is 24.4 Å². The molecule has 0 saturated carbocycles. The van der Waals surface area contributed by atoms with Crippen LogP contribution in [0, 0.1) is 0 Å². The topological polar surface area (TPSA) is 175 Å². The summed E-state index contributed by atoms with van der Waals surface area (Å²) in [5.74, 6) is -1.25. The van der Waals surface area contributed by atoms with Crippen LogP contribution in [-0.2, 0) is 23.8 Å². The zero-order valence-corrected chi connectivity index (χ0v) is 54.1. The number of carbonyl (C=O) groups is 2. The minimum atomic E-state index is -1.64. The second-order valence-electron chi connectivity index (χ2n) is 22.8. The summed E-state index contributed by atoms with van der Waals surface area (Å²) in [5, 5.41) is 57.2. The molecular weight excluding hydrogens is 1070 g/mol. The van der Waals surface area contributed by atoms with E-state index in [4.69, 9.17) is 14.2 Å². The highest BCUT2D eigenvalue weighted by atomic mass is 16.7. The zero-order valence-electron chi connectivity index (χ0n) is 54.1. The summed E-state index contributed by atoms with van der Waals surface area (Å²) in [7, 11) is 0. The minimum Gasteiger partial charge on any atom is -0.454 e. The zero-order chi connectivity index (χ0) is 62.4. The third-order valence-corrected chi connectivity index (χ3v) is 15.0. The molecule has 1 saturated heterocycles.